The van der Waals surface area contributed by atoms with Crippen molar-refractivity contribution in [2.45, 2.75) is 33.2 Å². The Hall–Kier alpha value is -3.13. The quantitative estimate of drug-likeness (QED) is 0.610. The predicted octanol–water partition coefficient (Wildman–Crippen LogP) is 4.03. The molecule has 1 atom stereocenters. The lowest BCUT2D eigenvalue weighted by Gasteiger charge is -2.17. The van der Waals surface area contributed by atoms with E-state index in [2.05, 4.69) is 15.6 Å². The van der Waals surface area contributed by atoms with E-state index in [1.807, 2.05) is 32.0 Å². The minimum atomic E-state index is -0.290. The number of carbonyl (C=O) groups is 2. The summed E-state index contributed by atoms with van der Waals surface area (Å²) < 4.78 is 10.5. The Balaban J connectivity index is 1.60. The third kappa shape index (κ3) is 5.03. The predicted molar refractivity (Wildman–Crippen MR) is 112 cm³/mol. The van der Waals surface area contributed by atoms with Crippen molar-refractivity contribution in [3.05, 3.63) is 64.1 Å². The molecule has 0 fully saturated rings. The lowest BCUT2D eigenvalue weighted by Crippen LogP contribution is -2.28. The van der Waals surface area contributed by atoms with Gasteiger partial charge in [0.2, 0.25) is 5.91 Å². The van der Waals surface area contributed by atoms with E-state index in [9.17, 15) is 9.59 Å². The molecular formula is C21H23N3O4S. The van der Waals surface area contributed by atoms with Crippen LogP contribution in [0.2, 0.25) is 0 Å². The monoisotopic (exact) mass is 413 g/mol. The van der Waals surface area contributed by atoms with Gasteiger partial charge >= 0.3 is 0 Å². The number of rotatable bonds is 7. The van der Waals surface area contributed by atoms with Crippen LogP contribution < -0.4 is 15.4 Å². The molecule has 0 aliphatic heterocycles. The molecule has 3 rings (SSSR count). The Labute approximate surface area is 173 Å². The highest BCUT2D eigenvalue weighted by atomic mass is 32.1. The van der Waals surface area contributed by atoms with Crippen LogP contribution in [0.3, 0.4) is 0 Å². The van der Waals surface area contributed by atoms with Gasteiger partial charge in [-0.05, 0) is 32.9 Å². The fraction of sp³-hybridized carbons (Fsp3) is 0.286. The van der Waals surface area contributed by atoms with E-state index in [-0.39, 0.29) is 24.3 Å². The number of furan rings is 1. The number of benzene rings is 1. The summed E-state index contributed by atoms with van der Waals surface area (Å²) in [5.74, 6) is 0.826. The second kappa shape index (κ2) is 8.91. The van der Waals surface area contributed by atoms with Crippen molar-refractivity contribution < 1.29 is 18.7 Å². The van der Waals surface area contributed by atoms with E-state index >= 15 is 0 Å². The first kappa shape index (κ1) is 20.6. The second-order valence-corrected chi connectivity index (χ2v) is 7.56. The van der Waals surface area contributed by atoms with E-state index in [1.165, 1.54) is 17.6 Å². The molecule has 3 aromatic rings. The normalized spacial score (nSPS) is 11.7. The van der Waals surface area contributed by atoms with Crippen LogP contribution in [0.25, 0.3) is 0 Å². The van der Waals surface area contributed by atoms with E-state index in [0.717, 1.165) is 16.9 Å². The number of ether oxygens (including phenoxy) is 1. The van der Waals surface area contributed by atoms with Crippen LogP contribution in [0.5, 0.6) is 5.75 Å². The van der Waals surface area contributed by atoms with Gasteiger partial charge in [-0.15, -0.1) is 11.3 Å². The Morgan fingerprint density at radius 2 is 2.07 bits per heavy atom. The van der Waals surface area contributed by atoms with Crippen LogP contribution in [-0.2, 0) is 11.2 Å². The van der Waals surface area contributed by atoms with Gasteiger partial charge in [-0.2, -0.15) is 0 Å². The maximum absolute atomic E-state index is 12.5. The van der Waals surface area contributed by atoms with Crippen molar-refractivity contribution in [3.8, 4) is 5.75 Å². The number of hydrogen-bond donors (Lipinski definition) is 2. The first-order valence-corrected chi connectivity index (χ1v) is 9.99. The zero-order valence-electron chi connectivity index (χ0n) is 16.7. The van der Waals surface area contributed by atoms with E-state index in [0.29, 0.717) is 22.1 Å². The number of aryl methyl sites for hydroxylation is 2. The largest absolute Gasteiger partial charge is 0.496 e. The number of aromatic nitrogens is 1. The first-order valence-electron chi connectivity index (χ1n) is 9.11. The third-order valence-electron chi connectivity index (χ3n) is 4.45. The van der Waals surface area contributed by atoms with Gasteiger partial charge in [0, 0.05) is 10.9 Å². The molecule has 29 heavy (non-hydrogen) atoms. The number of thiazole rings is 1. The summed E-state index contributed by atoms with van der Waals surface area (Å²) in [7, 11) is 1.61. The summed E-state index contributed by atoms with van der Waals surface area (Å²) in [6.45, 7) is 5.62. The molecule has 0 aliphatic rings. The summed E-state index contributed by atoms with van der Waals surface area (Å²) in [6, 6.07) is 7.25. The summed E-state index contributed by atoms with van der Waals surface area (Å²) in [6.07, 6.45) is 1.59. The van der Waals surface area contributed by atoms with Gasteiger partial charge in [0.15, 0.2) is 5.13 Å². The minimum Gasteiger partial charge on any atom is -0.496 e. The molecule has 0 saturated carbocycles. The van der Waals surface area contributed by atoms with Crippen molar-refractivity contribution in [3.63, 3.8) is 0 Å². The zero-order valence-corrected chi connectivity index (χ0v) is 17.6. The van der Waals surface area contributed by atoms with Gasteiger partial charge < -0.3 is 14.5 Å². The highest BCUT2D eigenvalue weighted by Gasteiger charge is 2.17. The molecule has 1 aromatic carbocycles. The van der Waals surface area contributed by atoms with Gasteiger partial charge in [-0.1, -0.05) is 17.7 Å². The Morgan fingerprint density at radius 1 is 1.28 bits per heavy atom. The fourth-order valence-corrected chi connectivity index (χ4v) is 3.66. The molecule has 0 unspecified atom stereocenters. The number of hydrogen-bond acceptors (Lipinski definition) is 6. The molecule has 0 aliphatic carbocycles. The average molecular weight is 413 g/mol. The van der Waals surface area contributed by atoms with Gasteiger partial charge in [-0.25, -0.2) is 4.98 Å². The van der Waals surface area contributed by atoms with Crippen LogP contribution in [0.1, 0.15) is 45.9 Å². The molecule has 152 valence electrons. The van der Waals surface area contributed by atoms with Crippen LogP contribution in [0.4, 0.5) is 5.13 Å². The highest BCUT2D eigenvalue weighted by molar-refractivity contribution is 7.14. The van der Waals surface area contributed by atoms with Gasteiger partial charge in [-0.3, -0.25) is 14.9 Å². The molecule has 8 heteroatoms. The maximum Gasteiger partial charge on any atom is 0.260 e. The number of anilines is 1. The summed E-state index contributed by atoms with van der Waals surface area (Å²) in [5, 5.41) is 7.90. The molecule has 2 amide bonds. The molecule has 2 aromatic heterocycles. The highest BCUT2D eigenvalue weighted by Crippen LogP contribution is 2.26. The third-order valence-corrected chi connectivity index (χ3v) is 5.25. The number of methoxy groups -OCH3 is 1. The second-order valence-electron chi connectivity index (χ2n) is 6.70. The van der Waals surface area contributed by atoms with Crippen LogP contribution >= 0.6 is 11.3 Å². The van der Waals surface area contributed by atoms with E-state index in [1.54, 1.807) is 25.5 Å². The SMILES string of the molecule is COc1ccc(C)cc1[C@H](C)NC(=O)Cc1csc(NC(=O)c2ccoc2C)n1. The summed E-state index contributed by atoms with van der Waals surface area (Å²) in [5.41, 5.74) is 3.06. The Morgan fingerprint density at radius 3 is 2.76 bits per heavy atom. The maximum atomic E-state index is 12.5. The molecule has 0 saturated heterocycles. The summed E-state index contributed by atoms with van der Waals surface area (Å²) in [4.78, 5) is 29.0. The minimum absolute atomic E-state index is 0.121. The molecule has 2 heterocycles. The molecule has 0 radical (unpaired) electrons. The van der Waals surface area contributed by atoms with E-state index < -0.39 is 0 Å². The van der Waals surface area contributed by atoms with Gasteiger partial charge in [0.1, 0.15) is 11.5 Å². The van der Waals surface area contributed by atoms with Crippen LogP contribution in [0.15, 0.2) is 40.3 Å². The van der Waals surface area contributed by atoms with Crippen molar-refractivity contribution in [1.82, 2.24) is 10.3 Å². The smallest absolute Gasteiger partial charge is 0.260 e. The molecule has 2 N–H and O–H groups in total. The number of nitrogens with zero attached hydrogens (tertiary/aromatic N) is 1. The van der Waals surface area contributed by atoms with Crippen molar-refractivity contribution in [2.75, 3.05) is 12.4 Å². The Bertz CT molecular complexity index is 1020. The van der Waals surface area contributed by atoms with Gasteiger partial charge in [0.25, 0.3) is 5.91 Å². The Kier molecular flexibility index (Phi) is 6.33. The average Bonchev–Trinajstić information content (AvgIpc) is 3.30. The fourth-order valence-electron chi connectivity index (χ4n) is 2.96. The standard InChI is InChI=1S/C21H23N3O4S/c1-12-5-6-18(27-4)17(9-12)13(2)22-19(25)10-15-11-29-21(23-15)24-20(26)16-7-8-28-14(16)3/h5-9,11,13H,10H2,1-4H3,(H,22,25)(H,23,24,26)/t13-/m0/s1. The molecule has 0 bridgehead atoms. The van der Waals surface area contributed by atoms with Crippen molar-refractivity contribution in [2.24, 2.45) is 0 Å². The number of amides is 2. The molecule has 0 spiro atoms. The number of nitrogens with one attached hydrogen (secondary N) is 2. The van der Waals surface area contributed by atoms with Gasteiger partial charge in [0.05, 0.1) is 37.1 Å². The van der Waals surface area contributed by atoms with E-state index in [4.69, 9.17) is 9.15 Å². The summed E-state index contributed by atoms with van der Waals surface area (Å²) >= 11 is 1.27. The first-order chi connectivity index (χ1) is 13.9. The van der Waals surface area contributed by atoms with Crippen LogP contribution in [-0.4, -0.2) is 23.9 Å². The molecule has 7 nitrogen and oxygen atoms in total. The topological polar surface area (TPSA) is 93.5 Å². The lowest BCUT2D eigenvalue weighted by atomic mass is 10.0. The molecular weight excluding hydrogens is 390 g/mol. The van der Waals surface area contributed by atoms with Crippen LogP contribution in [0, 0.1) is 13.8 Å². The van der Waals surface area contributed by atoms with Crippen molar-refractivity contribution in [1.29, 1.82) is 0 Å². The zero-order chi connectivity index (χ0) is 21.0. The van der Waals surface area contributed by atoms with Crippen molar-refractivity contribution >= 4 is 28.3 Å². The lowest BCUT2D eigenvalue weighted by molar-refractivity contribution is -0.121. The number of carbonyl (C=O) groups excluding carboxylic acids is 2.